The highest BCUT2D eigenvalue weighted by Crippen LogP contribution is 2.44. The van der Waals surface area contributed by atoms with E-state index in [4.69, 9.17) is 29.9 Å². The van der Waals surface area contributed by atoms with Crippen LogP contribution in [-0.4, -0.2) is 39.0 Å². The molecule has 19 rings (SSSR count). The van der Waals surface area contributed by atoms with E-state index in [0.29, 0.717) is 57.2 Å². The fourth-order valence-corrected chi connectivity index (χ4v) is 15.4. The molecule has 19 aromatic rings. The Hall–Kier alpha value is -16.1. The number of hydrogen-bond acceptors (Lipinski definition) is 10. The van der Waals surface area contributed by atoms with Crippen molar-refractivity contribution >= 4 is 43.6 Å². The molecule has 0 unspecified atom stereocenters. The van der Waals surface area contributed by atoms with Gasteiger partial charge in [-0.15, -0.1) is 0 Å². The second-order valence-electron chi connectivity index (χ2n) is 27.4. The number of fused-ring (bicyclic) bond motifs is 6. The molecule has 12 nitrogen and oxygen atoms in total. The summed E-state index contributed by atoms with van der Waals surface area (Å²) in [6.45, 7) is 0. The van der Waals surface area contributed by atoms with E-state index in [1.54, 1.807) is 0 Å². The molecule has 0 bridgehead atoms. The Labute approximate surface area is 644 Å². The van der Waals surface area contributed by atoms with Gasteiger partial charge in [0.15, 0.2) is 34.9 Å². The van der Waals surface area contributed by atoms with Crippen LogP contribution in [0, 0.1) is 45.3 Å². The van der Waals surface area contributed by atoms with Gasteiger partial charge in [0, 0.05) is 66.3 Å². The van der Waals surface area contributed by atoms with E-state index in [9.17, 15) is 21.0 Å². The summed E-state index contributed by atoms with van der Waals surface area (Å²) in [4.78, 5) is 31.7. The van der Waals surface area contributed by atoms with Gasteiger partial charge >= 0.3 is 0 Å². The van der Waals surface area contributed by atoms with Gasteiger partial charge in [0.05, 0.1) is 68.6 Å². The first-order valence-electron chi connectivity index (χ1n) is 36.6. The lowest BCUT2D eigenvalue weighted by molar-refractivity contribution is 1.07. The van der Waals surface area contributed by atoms with Gasteiger partial charge < -0.3 is 9.13 Å². The zero-order valence-corrected chi connectivity index (χ0v) is 59.9. The molecule has 0 spiro atoms. The molecule has 0 amide bonds. The number of rotatable bonds is 14. The topological polar surface area (TPSA) is 182 Å². The minimum atomic E-state index is 0.465. The van der Waals surface area contributed by atoms with E-state index in [2.05, 4.69) is 167 Å². The lowest BCUT2D eigenvalue weighted by Crippen LogP contribution is -2.02. The molecule has 0 atom stereocenters. The van der Waals surface area contributed by atoms with Crippen LogP contribution < -0.4 is 0 Å². The normalized spacial score (nSPS) is 11.2. The molecule has 12 heteroatoms. The second-order valence-corrected chi connectivity index (χ2v) is 27.4. The molecule has 4 heterocycles. The molecular formula is C100H58N12. The molecule has 0 aliphatic rings. The number of benzene rings is 15. The van der Waals surface area contributed by atoms with Crippen molar-refractivity contribution in [3.05, 3.63) is 374 Å². The smallest absolute Gasteiger partial charge is 0.164 e. The standard InChI is InChI=1S/C100H58N12/c101-59-73-30-13-17-36-83(73)69-40-44-91-87(55-69)88-56-70(84-37-18-14-31-74(84)60-102)41-45-92(88)111(91)81-51-77(49-79(53-81)99-107-95(63-22-5-1-6-23-63)105-96(108-99)64-24-7-2-8-25-64)67-34-21-35-68(48-67)78-50-80(100-109-97(65-26-9-3-10-27-65)106-98(110-100)66-28-11-4-12-29-66)54-82(52-78)112-93-46-42-71(85-38-19-15-32-75(85)61-103)57-89(93)90-58-72(43-47-94(90)112)86-39-20-16-33-76(86)62-104/h1-58H. The van der Waals surface area contributed by atoms with E-state index in [1.165, 1.54) is 0 Å². The minimum absolute atomic E-state index is 0.465. The van der Waals surface area contributed by atoms with E-state index in [0.717, 1.165) is 155 Å². The monoisotopic (exact) mass is 1430 g/mol. The summed E-state index contributed by atoms with van der Waals surface area (Å²) in [6, 6.07) is 128. The molecule has 0 aliphatic carbocycles. The van der Waals surface area contributed by atoms with E-state index in [1.807, 2.05) is 218 Å². The number of nitriles is 4. The van der Waals surface area contributed by atoms with Gasteiger partial charge in [-0.3, -0.25) is 0 Å². The number of nitrogens with zero attached hydrogens (tertiary/aromatic N) is 12. The van der Waals surface area contributed by atoms with Crippen LogP contribution >= 0.6 is 0 Å². The van der Waals surface area contributed by atoms with Crippen molar-refractivity contribution in [1.29, 1.82) is 21.0 Å². The molecule has 0 saturated carbocycles. The van der Waals surface area contributed by atoms with Crippen LogP contribution in [0.4, 0.5) is 0 Å². The highest BCUT2D eigenvalue weighted by Gasteiger charge is 2.24. The molecule has 0 N–H and O–H groups in total. The second kappa shape index (κ2) is 28.3. The molecule has 0 aliphatic heterocycles. The van der Waals surface area contributed by atoms with Crippen LogP contribution in [0.5, 0.6) is 0 Å². The average molecular weight is 1430 g/mol. The van der Waals surface area contributed by atoms with Gasteiger partial charge in [-0.1, -0.05) is 237 Å². The van der Waals surface area contributed by atoms with Crippen molar-refractivity contribution in [2.45, 2.75) is 0 Å². The Balaban J connectivity index is 0.861. The van der Waals surface area contributed by atoms with Crippen molar-refractivity contribution in [3.63, 3.8) is 0 Å². The van der Waals surface area contributed by atoms with Crippen molar-refractivity contribution < 1.29 is 0 Å². The molecule has 0 saturated heterocycles. The molecule has 0 radical (unpaired) electrons. The first kappa shape index (κ1) is 66.6. The SMILES string of the molecule is N#Cc1ccccc1-c1ccc2c(c1)c1cc(-c3ccccc3C#N)ccc1n2-c1cc(-c2cccc(-c3cc(-c4nc(-c5ccccc5)nc(-c5ccccc5)n4)cc(-n4c5ccc(-c6ccccc6C#N)cc5c5cc(-c6ccccc6C#N)ccc54)c3)c2)cc(-c2nc(-c3ccccc3)nc(-c3ccccc3)n2)c1. The van der Waals surface area contributed by atoms with Crippen LogP contribution in [0.25, 0.3) is 190 Å². The summed E-state index contributed by atoms with van der Waals surface area (Å²) >= 11 is 0. The van der Waals surface area contributed by atoms with Crippen LogP contribution in [0.2, 0.25) is 0 Å². The molecule has 15 aromatic carbocycles. The van der Waals surface area contributed by atoms with Gasteiger partial charge in [-0.25, -0.2) is 29.9 Å². The Morgan fingerprint density at radius 1 is 0.179 bits per heavy atom. The average Bonchev–Trinajstić information content (AvgIpc) is 1.57. The maximum atomic E-state index is 10.5. The Kier molecular flexibility index (Phi) is 16.8. The third-order valence-electron chi connectivity index (χ3n) is 20.8. The molecular weight excluding hydrogens is 1370 g/mol. The maximum absolute atomic E-state index is 10.5. The van der Waals surface area contributed by atoms with Crippen LogP contribution in [0.3, 0.4) is 0 Å². The zero-order chi connectivity index (χ0) is 75.2. The summed E-state index contributed by atoms with van der Waals surface area (Å²) in [6.07, 6.45) is 0. The maximum Gasteiger partial charge on any atom is 0.164 e. The third kappa shape index (κ3) is 12.2. The predicted octanol–water partition coefficient (Wildman–Crippen LogP) is 23.7. The summed E-state index contributed by atoms with van der Waals surface area (Å²) in [5.41, 5.74) is 22.7. The van der Waals surface area contributed by atoms with Crippen LogP contribution in [0.1, 0.15) is 22.3 Å². The Morgan fingerprint density at radius 2 is 0.402 bits per heavy atom. The van der Waals surface area contributed by atoms with Crippen molar-refractivity contribution in [3.8, 4) is 171 Å². The first-order chi connectivity index (χ1) is 55.3. The molecule has 112 heavy (non-hydrogen) atoms. The summed E-state index contributed by atoms with van der Waals surface area (Å²) < 4.78 is 4.58. The van der Waals surface area contributed by atoms with E-state index in [-0.39, 0.29) is 0 Å². The van der Waals surface area contributed by atoms with Crippen LogP contribution in [-0.2, 0) is 0 Å². The van der Waals surface area contributed by atoms with E-state index >= 15 is 0 Å². The molecule has 4 aromatic heterocycles. The lowest BCUT2D eigenvalue weighted by Gasteiger charge is -2.16. The first-order valence-corrected chi connectivity index (χ1v) is 36.6. The predicted molar refractivity (Wildman–Crippen MR) is 446 cm³/mol. The largest absolute Gasteiger partial charge is 0.309 e. The highest BCUT2D eigenvalue weighted by molar-refractivity contribution is 6.14. The quantitative estimate of drug-likeness (QED) is 0.102. The van der Waals surface area contributed by atoms with Crippen molar-refractivity contribution in [1.82, 2.24) is 39.0 Å². The van der Waals surface area contributed by atoms with Crippen LogP contribution in [0.15, 0.2) is 352 Å². The third-order valence-corrected chi connectivity index (χ3v) is 20.8. The zero-order valence-electron chi connectivity index (χ0n) is 59.9. The molecule has 518 valence electrons. The summed E-state index contributed by atoms with van der Waals surface area (Å²) in [7, 11) is 0. The highest BCUT2D eigenvalue weighted by atomic mass is 15.1. The lowest BCUT2D eigenvalue weighted by atomic mass is 9.95. The number of aromatic nitrogens is 8. The van der Waals surface area contributed by atoms with E-state index < -0.39 is 0 Å². The van der Waals surface area contributed by atoms with Gasteiger partial charge in [-0.05, 0) is 182 Å². The Bertz CT molecular complexity index is 6410. The van der Waals surface area contributed by atoms with Crippen molar-refractivity contribution in [2.75, 3.05) is 0 Å². The van der Waals surface area contributed by atoms with Crippen molar-refractivity contribution in [2.24, 2.45) is 0 Å². The summed E-state index contributed by atoms with van der Waals surface area (Å²) in [5, 5.41) is 45.7. The minimum Gasteiger partial charge on any atom is -0.309 e. The molecule has 0 fully saturated rings. The Morgan fingerprint density at radius 3 is 0.670 bits per heavy atom. The van der Waals surface area contributed by atoms with Gasteiger partial charge in [0.2, 0.25) is 0 Å². The summed E-state index contributed by atoms with van der Waals surface area (Å²) in [5.74, 6) is 3.00. The van der Waals surface area contributed by atoms with Gasteiger partial charge in [-0.2, -0.15) is 21.0 Å². The van der Waals surface area contributed by atoms with Gasteiger partial charge in [0.25, 0.3) is 0 Å². The fraction of sp³-hybridized carbons (Fsp3) is 0. The fourth-order valence-electron chi connectivity index (χ4n) is 15.4. The van der Waals surface area contributed by atoms with Gasteiger partial charge in [0.1, 0.15) is 0 Å². The number of hydrogen-bond donors (Lipinski definition) is 0.